The van der Waals surface area contributed by atoms with Gasteiger partial charge in [0.1, 0.15) is 11.5 Å². The maximum Gasteiger partial charge on any atom is 0.274 e. The van der Waals surface area contributed by atoms with Crippen LogP contribution in [0.2, 0.25) is 0 Å². The summed E-state index contributed by atoms with van der Waals surface area (Å²) in [6.45, 7) is 10.6. The van der Waals surface area contributed by atoms with E-state index in [0.717, 1.165) is 44.0 Å². The van der Waals surface area contributed by atoms with Gasteiger partial charge in [0.25, 0.3) is 5.91 Å². The van der Waals surface area contributed by atoms with Crippen LogP contribution in [-0.2, 0) is 11.3 Å². The van der Waals surface area contributed by atoms with Gasteiger partial charge in [0, 0.05) is 32.2 Å². The number of morpholine rings is 1. The second-order valence-electron chi connectivity index (χ2n) is 8.95. The topological polar surface area (TPSA) is 97.1 Å². The number of hydrogen-bond acceptors (Lipinski definition) is 7. The zero-order valence-electron chi connectivity index (χ0n) is 20.8. The molecule has 1 amide bonds. The average molecular weight is 480 g/mol. The molecular weight excluding hydrogens is 446 g/mol. The van der Waals surface area contributed by atoms with Gasteiger partial charge >= 0.3 is 0 Å². The number of rotatable bonds is 8. The molecule has 35 heavy (non-hydrogen) atoms. The normalized spacial score (nSPS) is 14.3. The molecule has 0 atom stereocenters. The number of aromatic nitrogens is 1. The summed E-state index contributed by atoms with van der Waals surface area (Å²) in [7, 11) is 1.58. The lowest BCUT2D eigenvalue weighted by Gasteiger charge is -2.26. The van der Waals surface area contributed by atoms with Crippen molar-refractivity contribution in [2.45, 2.75) is 33.2 Å². The van der Waals surface area contributed by atoms with E-state index in [2.05, 4.69) is 27.5 Å². The molecule has 4 rings (SSSR count). The number of ether oxygens (including phenoxy) is 2. The first kappa shape index (κ1) is 24.8. The number of phenolic OH excluding ortho intramolecular Hbond substituents is 1. The molecule has 0 aliphatic carbocycles. The van der Waals surface area contributed by atoms with E-state index in [-0.39, 0.29) is 23.3 Å². The Kier molecular flexibility index (Phi) is 7.73. The molecule has 1 aromatic heterocycles. The SMILES string of the molecule is CCNC(=O)c1noc(-c2cc(C(C)C)c(OC)cc2O)c1-c1ccc(CN2CCOCC2)cc1. The summed E-state index contributed by atoms with van der Waals surface area (Å²) in [6, 6.07) is 11.5. The van der Waals surface area contributed by atoms with Crippen molar-refractivity contribution < 1.29 is 23.9 Å². The number of methoxy groups -OCH3 is 1. The van der Waals surface area contributed by atoms with Gasteiger partial charge in [-0.05, 0) is 35.6 Å². The maximum absolute atomic E-state index is 12.8. The van der Waals surface area contributed by atoms with Gasteiger partial charge in [-0.3, -0.25) is 9.69 Å². The number of phenols is 1. The van der Waals surface area contributed by atoms with Crippen LogP contribution in [0.25, 0.3) is 22.5 Å². The number of benzene rings is 2. The summed E-state index contributed by atoms with van der Waals surface area (Å²) in [5.74, 6) is 0.757. The number of hydrogen-bond donors (Lipinski definition) is 2. The molecule has 1 aliphatic heterocycles. The van der Waals surface area contributed by atoms with Gasteiger partial charge in [-0.25, -0.2) is 0 Å². The minimum atomic E-state index is -0.327. The first-order valence-electron chi connectivity index (χ1n) is 12.0. The molecule has 1 aliphatic rings. The quantitative estimate of drug-likeness (QED) is 0.493. The number of nitrogens with one attached hydrogen (secondary N) is 1. The van der Waals surface area contributed by atoms with Gasteiger partial charge in [0.15, 0.2) is 11.5 Å². The van der Waals surface area contributed by atoms with Gasteiger partial charge < -0.3 is 24.4 Å². The molecule has 3 aromatic rings. The molecule has 0 spiro atoms. The number of aromatic hydroxyl groups is 1. The molecule has 186 valence electrons. The van der Waals surface area contributed by atoms with Crippen molar-refractivity contribution in [2.75, 3.05) is 40.0 Å². The van der Waals surface area contributed by atoms with Gasteiger partial charge in [0.2, 0.25) is 0 Å². The van der Waals surface area contributed by atoms with Crippen molar-refractivity contribution in [3.63, 3.8) is 0 Å². The lowest BCUT2D eigenvalue weighted by Crippen LogP contribution is -2.35. The Hall–Kier alpha value is -3.36. The monoisotopic (exact) mass is 479 g/mol. The summed E-state index contributed by atoms with van der Waals surface area (Å²) in [4.78, 5) is 15.2. The van der Waals surface area contributed by atoms with Crippen molar-refractivity contribution in [3.05, 3.63) is 53.2 Å². The summed E-state index contributed by atoms with van der Waals surface area (Å²) >= 11 is 0. The van der Waals surface area contributed by atoms with Gasteiger partial charge in [-0.15, -0.1) is 0 Å². The second kappa shape index (κ2) is 10.9. The predicted octanol–water partition coefficient (Wildman–Crippen LogP) is 4.43. The van der Waals surface area contributed by atoms with Gasteiger partial charge in [0.05, 0.1) is 31.5 Å². The highest BCUT2D eigenvalue weighted by atomic mass is 16.5. The first-order valence-corrected chi connectivity index (χ1v) is 12.0. The number of nitrogens with zero attached hydrogens (tertiary/aromatic N) is 2. The molecule has 8 nitrogen and oxygen atoms in total. The Morgan fingerprint density at radius 3 is 2.54 bits per heavy atom. The molecule has 2 heterocycles. The third-order valence-corrected chi connectivity index (χ3v) is 6.21. The van der Waals surface area contributed by atoms with Crippen molar-refractivity contribution in [3.8, 4) is 33.9 Å². The van der Waals surface area contributed by atoms with Gasteiger partial charge in [-0.1, -0.05) is 43.3 Å². The van der Waals surface area contributed by atoms with Crippen LogP contribution in [0.15, 0.2) is 40.9 Å². The third kappa shape index (κ3) is 5.33. The summed E-state index contributed by atoms with van der Waals surface area (Å²) in [5.41, 5.74) is 4.07. The lowest BCUT2D eigenvalue weighted by molar-refractivity contribution is 0.0342. The van der Waals surface area contributed by atoms with E-state index >= 15 is 0 Å². The van der Waals surface area contributed by atoms with Crippen LogP contribution >= 0.6 is 0 Å². The standard InChI is InChI=1S/C27H33N3O5/c1-5-28-27(32)25-24(19-8-6-18(7-9-19)16-30-10-12-34-13-11-30)26(35-29-25)21-14-20(17(2)3)23(33-4)15-22(21)31/h6-9,14-15,17,31H,5,10-13,16H2,1-4H3,(H,28,32). The third-order valence-electron chi connectivity index (χ3n) is 6.21. The predicted molar refractivity (Wildman–Crippen MR) is 134 cm³/mol. The largest absolute Gasteiger partial charge is 0.507 e. The molecule has 8 heteroatoms. The Bertz CT molecular complexity index is 1160. The van der Waals surface area contributed by atoms with Crippen molar-refractivity contribution in [1.82, 2.24) is 15.4 Å². The highest BCUT2D eigenvalue weighted by Gasteiger charge is 2.27. The molecule has 2 N–H and O–H groups in total. The second-order valence-corrected chi connectivity index (χ2v) is 8.95. The number of amides is 1. The van der Waals surface area contributed by atoms with E-state index in [1.165, 1.54) is 5.56 Å². The Balaban J connectivity index is 1.77. The fourth-order valence-electron chi connectivity index (χ4n) is 4.33. The van der Waals surface area contributed by atoms with E-state index in [9.17, 15) is 9.90 Å². The molecular formula is C27H33N3O5. The van der Waals surface area contributed by atoms with Gasteiger partial charge in [-0.2, -0.15) is 0 Å². The Labute approximate surface area is 205 Å². The molecule has 0 radical (unpaired) electrons. The highest BCUT2D eigenvalue weighted by Crippen LogP contribution is 2.43. The van der Waals surface area contributed by atoms with Crippen molar-refractivity contribution in [2.24, 2.45) is 0 Å². The van der Waals surface area contributed by atoms with Crippen LogP contribution in [0.1, 0.15) is 48.3 Å². The molecule has 0 bridgehead atoms. The van der Waals surface area contributed by atoms with E-state index in [1.54, 1.807) is 13.2 Å². The van der Waals surface area contributed by atoms with Crippen molar-refractivity contribution >= 4 is 5.91 Å². The van der Waals surface area contributed by atoms with Crippen LogP contribution in [0.5, 0.6) is 11.5 Å². The van der Waals surface area contributed by atoms with E-state index in [1.807, 2.05) is 39.0 Å². The summed E-state index contributed by atoms with van der Waals surface area (Å²) in [6.07, 6.45) is 0. The van der Waals surface area contributed by atoms with Crippen LogP contribution in [0.3, 0.4) is 0 Å². The molecule has 1 saturated heterocycles. The van der Waals surface area contributed by atoms with E-state index in [0.29, 0.717) is 29.2 Å². The Morgan fingerprint density at radius 2 is 1.91 bits per heavy atom. The fourth-order valence-corrected chi connectivity index (χ4v) is 4.33. The van der Waals surface area contributed by atoms with E-state index in [4.69, 9.17) is 14.0 Å². The minimum absolute atomic E-state index is 0.00460. The van der Waals surface area contributed by atoms with Crippen LogP contribution in [-0.4, -0.2) is 61.0 Å². The summed E-state index contributed by atoms with van der Waals surface area (Å²) in [5, 5.41) is 17.8. The average Bonchev–Trinajstić information content (AvgIpc) is 3.30. The van der Waals surface area contributed by atoms with Crippen LogP contribution in [0, 0.1) is 0 Å². The Morgan fingerprint density at radius 1 is 1.20 bits per heavy atom. The van der Waals surface area contributed by atoms with E-state index < -0.39 is 0 Å². The number of carbonyl (C=O) groups is 1. The zero-order valence-corrected chi connectivity index (χ0v) is 20.8. The first-order chi connectivity index (χ1) is 16.9. The molecule has 2 aromatic carbocycles. The smallest absolute Gasteiger partial charge is 0.274 e. The lowest BCUT2D eigenvalue weighted by atomic mass is 9.94. The number of carbonyl (C=O) groups excluding carboxylic acids is 1. The highest BCUT2D eigenvalue weighted by molar-refractivity contribution is 6.02. The molecule has 0 saturated carbocycles. The minimum Gasteiger partial charge on any atom is -0.507 e. The van der Waals surface area contributed by atoms with Crippen molar-refractivity contribution in [1.29, 1.82) is 0 Å². The molecule has 1 fully saturated rings. The zero-order chi connectivity index (χ0) is 24.9. The fraction of sp³-hybridized carbons (Fsp3) is 0.407. The molecule has 0 unspecified atom stereocenters. The maximum atomic E-state index is 12.8. The van der Waals surface area contributed by atoms with Crippen LogP contribution < -0.4 is 10.1 Å². The van der Waals surface area contributed by atoms with Crippen LogP contribution in [0.4, 0.5) is 0 Å². The summed E-state index contributed by atoms with van der Waals surface area (Å²) < 4.78 is 16.6.